The van der Waals surface area contributed by atoms with Crippen LogP contribution in [0, 0.1) is 27.7 Å². The monoisotopic (exact) mass is 615 g/mol. The van der Waals surface area contributed by atoms with Gasteiger partial charge in [0.25, 0.3) is 0 Å². The number of aryl methyl sites for hydroxylation is 4. The first kappa shape index (κ1) is 28.0. The Balaban J connectivity index is 1.73. The molecule has 0 bridgehead atoms. The number of hydrogen-bond acceptors (Lipinski definition) is 0. The van der Waals surface area contributed by atoms with E-state index in [2.05, 4.69) is 138 Å². The van der Waals surface area contributed by atoms with Crippen molar-refractivity contribution in [3.05, 3.63) is 141 Å². The zero-order chi connectivity index (χ0) is 28.4. The van der Waals surface area contributed by atoms with Crippen molar-refractivity contribution in [2.75, 3.05) is 0 Å². The van der Waals surface area contributed by atoms with Gasteiger partial charge in [-0.2, -0.15) is 0 Å². The molecule has 0 amide bonds. The Morgan fingerprint density at radius 1 is 0.525 bits per heavy atom. The SMILES string of the molecule is Cc1ccc(C)c2c1C=C(c1ccccc1)[CH]2[Ti]([Cl])([Cl])([CH]1C(c2ccccc2)=Cc2c(C)ccc(C)c21)[SiH](C)C. The summed E-state index contributed by atoms with van der Waals surface area (Å²) in [5.41, 5.74) is 15.6. The van der Waals surface area contributed by atoms with E-state index >= 15 is 0 Å². The molecule has 0 saturated carbocycles. The molecule has 0 heterocycles. The summed E-state index contributed by atoms with van der Waals surface area (Å²) in [6, 6.07) is 30.8. The third kappa shape index (κ3) is 4.04. The van der Waals surface area contributed by atoms with Crippen LogP contribution in [-0.4, -0.2) is 6.66 Å². The molecule has 4 heteroatoms. The van der Waals surface area contributed by atoms with Gasteiger partial charge in [0.1, 0.15) is 0 Å². The normalized spacial score (nSPS) is 19.1. The van der Waals surface area contributed by atoms with Crippen LogP contribution in [0.1, 0.15) is 64.1 Å². The Morgan fingerprint density at radius 2 is 0.875 bits per heavy atom. The van der Waals surface area contributed by atoms with Crippen molar-refractivity contribution in [2.45, 2.75) is 49.2 Å². The second kappa shape index (κ2) is 10.0. The summed E-state index contributed by atoms with van der Waals surface area (Å²) >= 11 is -4.64. The molecule has 0 aromatic heterocycles. The third-order valence-electron chi connectivity index (χ3n) is 9.67. The van der Waals surface area contributed by atoms with Gasteiger partial charge in [0, 0.05) is 0 Å². The van der Waals surface area contributed by atoms with E-state index in [1.54, 1.807) is 0 Å². The third-order valence-corrected chi connectivity index (χ3v) is 44.7. The van der Waals surface area contributed by atoms with Gasteiger partial charge < -0.3 is 0 Å². The van der Waals surface area contributed by atoms with E-state index < -0.39 is 19.1 Å². The molecule has 0 saturated heterocycles. The van der Waals surface area contributed by atoms with Gasteiger partial charge in [-0.25, -0.2) is 0 Å². The zero-order valence-corrected chi connectivity index (χ0v) is 28.5. The van der Waals surface area contributed by atoms with Crippen LogP contribution in [0.4, 0.5) is 0 Å². The molecule has 6 rings (SSSR count). The molecule has 40 heavy (non-hydrogen) atoms. The Hall–Kier alpha value is -2.13. The molecule has 0 aliphatic heterocycles. The summed E-state index contributed by atoms with van der Waals surface area (Å²) in [6.45, 7) is 12.1. The van der Waals surface area contributed by atoms with Gasteiger partial charge in [-0.1, -0.05) is 0 Å². The van der Waals surface area contributed by atoms with Crippen molar-refractivity contribution >= 4 is 48.6 Å². The van der Waals surface area contributed by atoms with Crippen LogP contribution in [0.25, 0.3) is 23.3 Å². The first-order valence-electron chi connectivity index (χ1n) is 14.4. The van der Waals surface area contributed by atoms with E-state index in [0.717, 1.165) is 0 Å². The van der Waals surface area contributed by atoms with Crippen LogP contribution in [0.2, 0.25) is 13.1 Å². The Morgan fingerprint density at radius 3 is 1.23 bits per heavy atom. The number of hydrogen-bond donors (Lipinski definition) is 0. The van der Waals surface area contributed by atoms with Crippen LogP contribution >= 0.6 is 18.6 Å². The average molecular weight is 617 g/mol. The number of fused-ring (bicyclic) bond motifs is 2. The van der Waals surface area contributed by atoms with Gasteiger partial charge in [0.15, 0.2) is 0 Å². The summed E-state index contributed by atoms with van der Waals surface area (Å²) < 4.78 is 0.0135. The van der Waals surface area contributed by atoms with E-state index in [1.165, 1.54) is 66.8 Å². The molecule has 203 valence electrons. The fourth-order valence-corrected chi connectivity index (χ4v) is 27.6. The molecule has 2 atom stereocenters. The number of benzene rings is 4. The van der Waals surface area contributed by atoms with Crippen LogP contribution in [0.5, 0.6) is 0 Å². The van der Waals surface area contributed by atoms with Gasteiger partial charge in [-0.05, 0) is 0 Å². The Bertz CT molecular complexity index is 1580. The number of rotatable bonds is 5. The van der Waals surface area contributed by atoms with Gasteiger partial charge in [0.05, 0.1) is 0 Å². The quantitative estimate of drug-likeness (QED) is 0.196. The molecule has 0 fully saturated rings. The molecular formula is C36H37Cl2SiTi. The summed E-state index contributed by atoms with van der Waals surface area (Å²) in [5, 5.41) is 0. The van der Waals surface area contributed by atoms with Gasteiger partial charge in [0.2, 0.25) is 0 Å². The maximum atomic E-state index is 8.67. The minimum atomic E-state index is -4.64. The fourth-order valence-electron chi connectivity index (χ4n) is 7.39. The van der Waals surface area contributed by atoms with Gasteiger partial charge >= 0.3 is 251 Å². The van der Waals surface area contributed by atoms with E-state index in [0.29, 0.717) is 0 Å². The van der Waals surface area contributed by atoms with Crippen molar-refractivity contribution in [1.82, 2.24) is 0 Å². The van der Waals surface area contributed by atoms with E-state index in [4.69, 9.17) is 18.6 Å². The predicted octanol–water partition coefficient (Wildman–Crippen LogP) is 10.8. The Labute approximate surface area is 249 Å². The summed E-state index contributed by atoms with van der Waals surface area (Å²) in [5.74, 6) is 0. The van der Waals surface area contributed by atoms with E-state index in [1.807, 2.05) is 0 Å². The van der Waals surface area contributed by atoms with Crippen LogP contribution in [0.3, 0.4) is 0 Å². The van der Waals surface area contributed by atoms with Crippen molar-refractivity contribution < 1.29 is 12.4 Å². The summed E-state index contributed by atoms with van der Waals surface area (Å²) in [4.78, 5) is 0. The molecule has 0 radical (unpaired) electrons. The molecule has 2 aliphatic carbocycles. The van der Waals surface area contributed by atoms with Crippen molar-refractivity contribution in [2.24, 2.45) is 0 Å². The predicted molar refractivity (Wildman–Crippen MR) is 177 cm³/mol. The fraction of sp³-hybridized carbons (Fsp3) is 0.222. The van der Waals surface area contributed by atoms with Gasteiger partial charge in [-0.3, -0.25) is 0 Å². The topological polar surface area (TPSA) is 0 Å². The van der Waals surface area contributed by atoms with Crippen molar-refractivity contribution in [3.8, 4) is 0 Å². The van der Waals surface area contributed by atoms with E-state index in [-0.39, 0.29) is 8.45 Å². The molecule has 2 aliphatic rings. The van der Waals surface area contributed by atoms with Gasteiger partial charge in [-0.15, -0.1) is 0 Å². The summed E-state index contributed by atoms with van der Waals surface area (Å²) in [6.07, 6.45) is 4.85. The molecule has 0 spiro atoms. The first-order valence-corrected chi connectivity index (χ1v) is 26.0. The zero-order valence-electron chi connectivity index (χ0n) is 24.2. The Kier molecular flexibility index (Phi) is 7.00. The molecule has 0 nitrogen and oxygen atoms in total. The van der Waals surface area contributed by atoms with E-state index in [9.17, 15) is 0 Å². The summed E-state index contributed by atoms with van der Waals surface area (Å²) in [7, 11) is 17.3. The second-order valence-corrected chi connectivity index (χ2v) is 41.5. The second-order valence-electron chi connectivity index (χ2n) is 12.2. The van der Waals surface area contributed by atoms with Crippen LogP contribution in [0.15, 0.2) is 84.9 Å². The van der Waals surface area contributed by atoms with Crippen molar-refractivity contribution in [3.63, 3.8) is 0 Å². The maximum absolute atomic E-state index is 8.67. The van der Waals surface area contributed by atoms with Crippen molar-refractivity contribution in [1.29, 1.82) is 0 Å². The molecule has 2 unspecified atom stereocenters. The standard InChI is InChI=1S/2C17H15.C2H7Si.2ClH.Ti/c2*1-12-8-9-13(2)17-11-15(10-16(12)17)14-6-4-3-5-7-14;1-3-2;;;/h2*3-11H,1-2H3;3H,1-2H3;2*1H;/q;;;;;+2/p-2. The first-order chi connectivity index (χ1) is 19.0. The van der Waals surface area contributed by atoms with Crippen LogP contribution < -0.4 is 0 Å². The number of halogens is 2. The molecule has 4 aromatic rings. The molecular weight excluding hydrogens is 579 g/mol. The molecule has 4 aromatic carbocycles. The van der Waals surface area contributed by atoms with Crippen LogP contribution in [-0.2, 0) is 12.4 Å². The molecule has 0 N–H and O–H groups in total. The minimum absolute atomic E-state index is 0.00674. The number of allylic oxidation sites excluding steroid dienone is 2. The average Bonchev–Trinajstić information content (AvgIpc) is 3.57.